The van der Waals surface area contributed by atoms with Crippen molar-refractivity contribution in [1.82, 2.24) is 4.90 Å². The smallest absolute Gasteiger partial charge is 0.393 e. The summed E-state index contributed by atoms with van der Waals surface area (Å²) >= 11 is 4.47. The SMILES string of the molecule is CCN(CC(C(N)=S)C(F)(F)F)C1CC1. The predicted molar refractivity (Wildman–Crippen MR) is 56.6 cm³/mol. The fraction of sp³-hybridized carbons (Fsp3) is 0.889. The zero-order valence-corrected chi connectivity index (χ0v) is 9.37. The van der Waals surface area contributed by atoms with E-state index in [1.54, 1.807) is 4.90 Å². The molecule has 0 saturated heterocycles. The molecule has 1 fully saturated rings. The van der Waals surface area contributed by atoms with E-state index in [4.69, 9.17) is 5.73 Å². The number of alkyl halides is 3. The van der Waals surface area contributed by atoms with Gasteiger partial charge in [0.15, 0.2) is 0 Å². The average Bonchev–Trinajstić information content (AvgIpc) is 2.86. The highest BCUT2D eigenvalue weighted by molar-refractivity contribution is 7.80. The van der Waals surface area contributed by atoms with Crippen LogP contribution in [0.3, 0.4) is 0 Å². The summed E-state index contributed by atoms with van der Waals surface area (Å²) < 4.78 is 37.7. The van der Waals surface area contributed by atoms with E-state index in [-0.39, 0.29) is 6.54 Å². The molecule has 2 nitrogen and oxygen atoms in total. The van der Waals surface area contributed by atoms with E-state index in [0.29, 0.717) is 12.6 Å². The molecule has 0 aromatic heterocycles. The Morgan fingerprint density at radius 1 is 1.53 bits per heavy atom. The Morgan fingerprint density at radius 2 is 2.07 bits per heavy atom. The van der Waals surface area contributed by atoms with Crippen LogP contribution in [-0.2, 0) is 0 Å². The topological polar surface area (TPSA) is 29.3 Å². The molecule has 0 heterocycles. The first-order valence-electron chi connectivity index (χ1n) is 4.96. The minimum absolute atomic E-state index is 0.0972. The molecule has 0 amide bonds. The third-order valence-corrected chi connectivity index (χ3v) is 2.91. The van der Waals surface area contributed by atoms with Crippen LogP contribution in [0.15, 0.2) is 0 Å². The normalized spacial score (nSPS) is 19.3. The van der Waals surface area contributed by atoms with Gasteiger partial charge in [0.05, 0.1) is 4.99 Å². The molecule has 0 radical (unpaired) electrons. The van der Waals surface area contributed by atoms with E-state index in [2.05, 4.69) is 12.2 Å². The maximum atomic E-state index is 12.6. The summed E-state index contributed by atoms with van der Waals surface area (Å²) in [4.78, 5) is 1.35. The Kier molecular flexibility index (Phi) is 3.94. The molecule has 1 unspecified atom stereocenters. The summed E-state index contributed by atoms with van der Waals surface area (Å²) in [5, 5.41) is 0. The second-order valence-electron chi connectivity index (χ2n) is 3.82. The van der Waals surface area contributed by atoms with Crippen molar-refractivity contribution in [3.8, 4) is 0 Å². The van der Waals surface area contributed by atoms with Crippen LogP contribution in [0.4, 0.5) is 13.2 Å². The Hall–Kier alpha value is -0.360. The first-order chi connectivity index (χ1) is 6.86. The van der Waals surface area contributed by atoms with Crippen molar-refractivity contribution in [2.75, 3.05) is 13.1 Å². The lowest BCUT2D eigenvalue weighted by molar-refractivity contribution is -0.159. The van der Waals surface area contributed by atoms with E-state index in [0.717, 1.165) is 12.8 Å². The van der Waals surface area contributed by atoms with Crippen molar-refractivity contribution >= 4 is 17.2 Å². The van der Waals surface area contributed by atoms with Gasteiger partial charge in [-0.3, -0.25) is 4.90 Å². The van der Waals surface area contributed by atoms with Crippen LogP contribution in [0.25, 0.3) is 0 Å². The molecule has 88 valence electrons. The van der Waals surface area contributed by atoms with Gasteiger partial charge in [0.1, 0.15) is 5.92 Å². The predicted octanol–water partition coefficient (Wildman–Crippen LogP) is 1.94. The van der Waals surface area contributed by atoms with Crippen molar-refractivity contribution in [2.45, 2.75) is 32.0 Å². The summed E-state index contributed by atoms with van der Waals surface area (Å²) in [5.74, 6) is -1.67. The maximum absolute atomic E-state index is 12.6. The van der Waals surface area contributed by atoms with Crippen LogP contribution in [0.5, 0.6) is 0 Å². The van der Waals surface area contributed by atoms with E-state index in [1.807, 2.05) is 6.92 Å². The first kappa shape index (κ1) is 12.7. The van der Waals surface area contributed by atoms with E-state index < -0.39 is 17.1 Å². The largest absolute Gasteiger partial charge is 0.399 e. The second-order valence-corrected chi connectivity index (χ2v) is 4.29. The highest BCUT2D eigenvalue weighted by atomic mass is 32.1. The van der Waals surface area contributed by atoms with Gasteiger partial charge in [-0.1, -0.05) is 19.1 Å². The van der Waals surface area contributed by atoms with Crippen LogP contribution in [0, 0.1) is 5.92 Å². The van der Waals surface area contributed by atoms with Gasteiger partial charge in [-0.05, 0) is 19.4 Å². The maximum Gasteiger partial charge on any atom is 0.399 e. The van der Waals surface area contributed by atoms with Gasteiger partial charge in [-0.2, -0.15) is 13.2 Å². The molecule has 0 spiro atoms. The minimum Gasteiger partial charge on any atom is -0.393 e. The molecular weight excluding hydrogens is 225 g/mol. The second kappa shape index (κ2) is 4.65. The Labute approximate surface area is 92.6 Å². The van der Waals surface area contributed by atoms with Gasteiger partial charge < -0.3 is 5.73 Å². The summed E-state index contributed by atoms with van der Waals surface area (Å²) in [6.45, 7) is 2.37. The summed E-state index contributed by atoms with van der Waals surface area (Å²) in [6, 6.07) is 0.300. The summed E-state index contributed by atoms with van der Waals surface area (Å²) in [7, 11) is 0. The molecule has 1 atom stereocenters. The Balaban J connectivity index is 2.60. The Bertz CT molecular complexity index is 238. The fourth-order valence-electron chi connectivity index (χ4n) is 1.57. The highest BCUT2D eigenvalue weighted by Gasteiger charge is 2.44. The van der Waals surface area contributed by atoms with Crippen molar-refractivity contribution < 1.29 is 13.2 Å². The fourth-order valence-corrected chi connectivity index (χ4v) is 1.77. The highest BCUT2D eigenvalue weighted by Crippen LogP contribution is 2.32. The van der Waals surface area contributed by atoms with Crippen LogP contribution < -0.4 is 5.73 Å². The van der Waals surface area contributed by atoms with Gasteiger partial charge in [0.2, 0.25) is 0 Å². The standard InChI is InChI=1S/C9H15F3N2S/c1-2-14(6-3-4-6)5-7(8(13)15)9(10,11)12/h6-7H,2-5H2,1H3,(H2,13,15). The average molecular weight is 240 g/mol. The van der Waals surface area contributed by atoms with E-state index >= 15 is 0 Å². The van der Waals surface area contributed by atoms with Crippen LogP contribution in [-0.4, -0.2) is 35.2 Å². The van der Waals surface area contributed by atoms with Crippen LogP contribution in [0.2, 0.25) is 0 Å². The van der Waals surface area contributed by atoms with Gasteiger partial charge in [-0.15, -0.1) is 0 Å². The zero-order valence-electron chi connectivity index (χ0n) is 8.55. The van der Waals surface area contributed by atoms with Crippen molar-refractivity contribution in [2.24, 2.45) is 11.7 Å². The van der Waals surface area contributed by atoms with Gasteiger partial charge >= 0.3 is 6.18 Å². The van der Waals surface area contributed by atoms with Gasteiger partial charge in [0.25, 0.3) is 0 Å². The lowest BCUT2D eigenvalue weighted by atomic mass is 10.1. The van der Waals surface area contributed by atoms with Crippen molar-refractivity contribution in [3.05, 3.63) is 0 Å². The molecule has 0 bridgehead atoms. The number of rotatable bonds is 5. The number of nitrogens with zero attached hydrogens (tertiary/aromatic N) is 1. The monoisotopic (exact) mass is 240 g/mol. The third kappa shape index (κ3) is 3.61. The number of hydrogen-bond acceptors (Lipinski definition) is 2. The third-order valence-electron chi connectivity index (χ3n) is 2.63. The van der Waals surface area contributed by atoms with Crippen molar-refractivity contribution in [1.29, 1.82) is 0 Å². The number of nitrogens with two attached hydrogens (primary N) is 1. The molecule has 0 aliphatic heterocycles. The van der Waals surface area contributed by atoms with E-state index in [1.165, 1.54) is 0 Å². The minimum atomic E-state index is -4.33. The first-order valence-corrected chi connectivity index (χ1v) is 5.37. The van der Waals surface area contributed by atoms with Gasteiger partial charge in [-0.25, -0.2) is 0 Å². The molecule has 0 aromatic rings. The van der Waals surface area contributed by atoms with Crippen molar-refractivity contribution in [3.63, 3.8) is 0 Å². The van der Waals surface area contributed by atoms with Gasteiger partial charge in [0, 0.05) is 12.6 Å². The molecule has 6 heteroatoms. The quantitative estimate of drug-likeness (QED) is 0.745. The number of halogens is 3. The van der Waals surface area contributed by atoms with E-state index in [9.17, 15) is 13.2 Å². The molecule has 0 aromatic carbocycles. The molecular formula is C9H15F3N2S. The molecule has 1 aliphatic rings. The molecule has 1 rings (SSSR count). The molecule has 1 saturated carbocycles. The molecule has 1 aliphatic carbocycles. The zero-order chi connectivity index (χ0) is 11.6. The van der Waals surface area contributed by atoms with Crippen LogP contribution in [0.1, 0.15) is 19.8 Å². The molecule has 15 heavy (non-hydrogen) atoms. The lowest BCUT2D eigenvalue weighted by Gasteiger charge is -2.27. The molecule has 2 N–H and O–H groups in total. The Morgan fingerprint density at radius 3 is 2.33 bits per heavy atom. The lowest BCUT2D eigenvalue weighted by Crippen LogP contribution is -2.44. The number of thiocarbonyl (C=S) groups is 1. The summed E-state index contributed by atoms with van der Waals surface area (Å²) in [6.07, 6.45) is -2.36. The number of hydrogen-bond donors (Lipinski definition) is 1. The summed E-state index contributed by atoms with van der Waals surface area (Å²) in [5.41, 5.74) is 5.13. The van der Waals surface area contributed by atoms with Crippen LogP contribution >= 0.6 is 12.2 Å².